The Balaban J connectivity index is 1.73. The van der Waals surface area contributed by atoms with Crippen molar-refractivity contribution < 1.29 is 9.47 Å². The van der Waals surface area contributed by atoms with Gasteiger partial charge in [-0.2, -0.15) is 0 Å². The Labute approximate surface area is 156 Å². The first kappa shape index (κ1) is 17.9. The highest BCUT2D eigenvalue weighted by molar-refractivity contribution is 7.13. The van der Waals surface area contributed by atoms with E-state index in [1.165, 1.54) is 10.4 Å². The highest BCUT2D eigenvalue weighted by Crippen LogP contribution is 2.35. The van der Waals surface area contributed by atoms with Crippen LogP contribution >= 0.6 is 22.7 Å². The molecule has 4 nitrogen and oxygen atoms in total. The Morgan fingerprint density at radius 1 is 1.08 bits per heavy atom. The third-order valence-electron chi connectivity index (χ3n) is 4.00. The SMILES string of the molecule is COc1ccc(-c2nc(CN(C)Cc3sccc3C)cs2)c(OC)c1. The van der Waals surface area contributed by atoms with Crippen LogP contribution in [-0.4, -0.2) is 31.2 Å². The summed E-state index contributed by atoms with van der Waals surface area (Å²) >= 11 is 3.45. The van der Waals surface area contributed by atoms with Gasteiger partial charge in [-0.1, -0.05) is 0 Å². The lowest BCUT2D eigenvalue weighted by molar-refractivity contribution is 0.318. The monoisotopic (exact) mass is 374 g/mol. The summed E-state index contributed by atoms with van der Waals surface area (Å²) in [6.07, 6.45) is 0. The normalized spacial score (nSPS) is 11.1. The van der Waals surface area contributed by atoms with Gasteiger partial charge in [0, 0.05) is 29.4 Å². The maximum Gasteiger partial charge on any atom is 0.132 e. The molecule has 0 N–H and O–H groups in total. The van der Waals surface area contributed by atoms with E-state index in [1.807, 2.05) is 29.5 Å². The molecular formula is C19H22N2O2S2. The molecule has 0 aliphatic rings. The van der Waals surface area contributed by atoms with Crippen LogP contribution < -0.4 is 9.47 Å². The number of aryl methyl sites for hydroxylation is 1. The molecule has 0 bridgehead atoms. The van der Waals surface area contributed by atoms with Crippen molar-refractivity contribution in [2.45, 2.75) is 20.0 Å². The van der Waals surface area contributed by atoms with E-state index in [4.69, 9.17) is 14.5 Å². The summed E-state index contributed by atoms with van der Waals surface area (Å²) in [6, 6.07) is 8.00. The van der Waals surface area contributed by atoms with Gasteiger partial charge < -0.3 is 9.47 Å². The van der Waals surface area contributed by atoms with E-state index < -0.39 is 0 Å². The number of aromatic nitrogens is 1. The molecule has 0 aliphatic heterocycles. The van der Waals surface area contributed by atoms with E-state index in [0.717, 1.165) is 40.9 Å². The lowest BCUT2D eigenvalue weighted by Gasteiger charge is -2.14. The molecule has 0 saturated carbocycles. The second-order valence-electron chi connectivity index (χ2n) is 5.91. The van der Waals surface area contributed by atoms with E-state index in [0.29, 0.717) is 0 Å². The fourth-order valence-electron chi connectivity index (χ4n) is 2.62. The summed E-state index contributed by atoms with van der Waals surface area (Å²) < 4.78 is 10.8. The summed E-state index contributed by atoms with van der Waals surface area (Å²) in [6.45, 7) is 3.94. The van der Waals surface area contributed by atoms with Crippen LogP contribution in [0.25, 0.3) is 10.6 Å². The molecule has 6 heteroatoms. The number of methoxy groups -OCH3 is 2. The Hall–Kier alpha value is -1.89. The molecule has 3 aromatic rings. The summed E-state index contributed by atoms with van der Waals surface area (Å²) in [4.78, 5) is 8.50. The minimum atomic E-state index is 0.780. The van der Waals surface area contributed by atoms with Gasteiger partial charge in [-0.25, -0.2) is 4.98 Å². The molecular weight excluding hydrogens is 352 g/mol. The average Bonchev–Trinajstić information content (AvgIpc) is 3.23. The smallest absolute Gasteiger partial charge is 0.132 e. The molecule has 0 atom stereocenters. The van der Waals surface area contributed by atoms with Gasteiger partial charge in [-0.3, -0.25) is 4.90 Å². The predicted molar refractivity (Wildman–Crippen MR) is 105 cm³/mol. The van der Waals surface area contributed by atoms with Crippen molar-refractivity contribution in [2.75, 3.05) is 21.3 Å². The van der Waals surface area contributed by atoms with Crippen molar-refractivity contribution in [3.8, 4) is 22.1 Å². The standard InChI is InChI=1S/C19H22N2O2S2/c1-13-7-8-24-18(13)11-21(2)10-14-12-25-19(20-14)16-6-5-15(22-3)9-17(16)23-4/h5-9,12H,10-11H2,1-4H3. The van der Waals surface area contributed by atoms with Crippen LogP contribution in [0, 0.1) is 6.92 Å². The maximum atomic E-state index is 5.49. The molecule has 0 fully saturated rings. The van der Waals surface area contributed by atoms with E-state index in [2.05, 4.69) is 35.7 Å². The molecule has 132 valence electrons. The van der Waals surface area contributed by atoms with Crippen LogP contribution in [0.5, 0.6) is 11.5 Å². The van der Waals surface area contributed by atoms with Crippen molar-refractivity contribution >= 4 is 22.7 Å². The van der Waals surface area contributed by atoms with Crippen molar-refractivity contribution in [3.63, 3.8) is 0 Å². The summed E-state index contributed by atoms with van der Waals surface area (Å²) in [7, 11) is 5.46. The van der Waals surface area contributed by atoms with Gasteiger partial charge in [0.15, 0.2) is 0 Å². The first-order valence-corrected chi connectivity index (χ1v) is 9.75. The number of thiazole rings is 1. The van der Waals surface area contributed by atoms with Gasteiger partial charge in [0.05, 0.1) is 25.5 Å². The van der Waals surface area contributed by atoms with Gasteiger partial charge in [0.1, 0.15) is 16.5 Å². The second-order valence-corrected chi connectivity index (χ2v) is 7.77. The molecule has 2 aromatic heterocycles. The van der Waals surface area contributed by atoms with Crippen molar-refractivity contribution in [3.05, 3.63) is 51.2 Å². The summed E-state index contributed by atoms with van der Waals surface area (Å²) in [5, 5.41) is 5.24. The zero-order valence-corrected chi connectivity index (χ0v) is 16.5. The summed E-state index contributed by atoms with van der Waals surface area (Å²) in [5.41, 5.74) is 3.43. The predicted octanol–water partition coefficient (Wildman–Crippen LogP) is 4.83. The molecule has 0 radical (unpaired) electrons. The molecule has 0 aliphatic carbocycles. The Morgan fingerprint density at radius 2 is 1.92 bits per heavy atom. The fourth-order valence-corrected chi connectivity index (χ4v) is 4.45. The Morgan fingerprint density at radius 3 is 2.60 bits per heavy atom. The van der Waals surface area contributed by atoms with Crippen LogP contribution in [0.3, 0.4) is 0 Å². The Kier molecular flexibility index (Phi) is 5.73. The van der Waals surface area contributed by atoms with Crippen LogP contribution in [0.4, 0.5) is 0 Å². The van der Waals surface area contributed by atoms with Gasteiger partial charge in [-0.05, 0) is 43.1 Å². The van der Waals surface area contributed by atoms with Gasteiger partial charge in [0.25, 0.3) is 0 Å². The lowest BCUT2D eigenvalue weighted by Crippen LogP contribution is -2.17. The molecule has 0 unspecified atom stereocenters. The number of thiophene rings is 1. The zero-order valence-electron chi connectivity index (χ0n) is 14.9. The molecule has 1 aromatic carbocycles. The molecule has 2 heterocycles. The number of nitrogens with zero attached hydrogens (tertiary/aromatic N) is 2. The number of hydrogen-bond donors (Lipinski definition) is 0. The van der Waals surface area contributed by atoms with E-state index >= 15 is 0 Å². The third-order valence-corrected chi connectivity index (χ3v) is 5.94. The fraction of sp³-hybridized carbons (Fsp3) is 0.316. The number of ether oxygens (including phenoxy) is 2. The molecule has 0 saturated heterocycles. The average molecular weight is 375 g/mol. The highest BCUT2D eigenvalue weighted by Gasteiger charge is 2.13. The quantitative estimate of drug-likeness (QED) is 0.593. The van der Waals surface area contributed by atoms with Crippen molar-refractivity contribution in [2.24, 2.45) is 0 Å². The topological polar surface area (TPSA) is 34.6 Å². The highest BCUT2D eigenvalue weighted by atomic mass is 32.1. The maximum absolute atomic E-state index is 5.49. The van der Waals surface area contributed by atoms with Gasteiger partial charge >= 0.3 is 0 Å². The largest absolute Gasteiger partial charge is 0.497 e. The summed E-state index contributed by atoms with van der Waals surface area (Å²) in [5.74, 6) is 1.56. The second kappa shape index (κ2) is 7.99. The number of benzene rings is 1. The molecule has 0 amide bonds. The number of hydrogen-bond acceptors (Lipinski definition) is 6. The Bertz CT molecular complexity index is 842. The molecule has 3 rings (SSSR count). The van der Waals surface area contributed by atoms with Crippen molar-refractivity contribution in [1.29, 1.82) is 0 Å². The van der Waals surface area contributed by atoms with Gasteiger partial charge in [-0.15, -0.1) is 22.7 Å². The van der Waals surface area contributed by atoms with Crippen LogP contribution in [-0.2, 0) is 13.1 Å². The zero-order chi connectivity index (χ0) is 17.8. The first-order valence-electron chi connectivity index (χ1n) is 7.99. The van der Waals surface area contributed by atoms with Crippen molar-refractivity contribution in [1.82, 2.24) is 9.88 Å². The first-order chi connectivity index (χ1) is 12.1. The van der Waals surface area contributed by atoms with E-state index in [9.17, 15) is 0 Å². The van der Waals surface area contributed by atoms with E-state index in [1.54, 1.807) is 25.6 Å². The minimum Gasteiger partial charge on any atom is -0.497 e. The van der Waals surface area contributed by atoms with Crippen LogP contribution in [0.15, 0.2) is 35.0 Å². The third kappa shape index (κ3) is 4.21. The minimum absolute atomic E-state index is 0.780. The van der Waals surface area contributed by atoms with Gasteiger partial charge in [0.2, 0.25) is 0 Å². The van der Waals surface area contributed by atoms with Crippen LogP contribution in [0.2, 0.25) is 0 Å². The number of rotatable bonds is 7. The molecule has 25 heavy (non-hydrogen) atoms. The lowest BCUT2D eigenvalue weighted by atomic mass is 10.2. The van der Waals surface area contributed by atoms with Crippen LogP contribution in [0.1, 0.15) is 16.1 Å². The molecule has 0 spiro atoms. The van der Waals surface area contributed by atoms with E-state index in [-0.39, 0.29) is 0 Å².